The zero-order chi connectivity index (χ0) is 2.71. The third-order valence-electron chi connectivity index (χ3n) is 0. The number of nitrogens with one attached hydrogen (secondary N) is 1. The van der Waals surface area contributed by atoms with Crippen LogP contribution in [0.3, 0.4) is 0 Å². The molecule has 0 amide bonds. The third-order valence-corrected chi connectivity index (χ3v) is 0. The second-order valence-electron chi connectivity index (χ2n) is 0.500. The molecule has 0 saturated heterocycles. The quantitative estimate of drug-likeness (QED) is 0.399. The van der Waals surface area contributed by atoms with Crippen molar-refractivity contribution in [1.82, 2.24) is 5.32 Å². The van der Waals surface area contributed by atoms with Crippen molar-refractivity contribution in [2.24, 2.45) is 0 Å². The normalized spacial score (nSPS) is 3.60. The molecule has 1 N–H and O–H groups in total. The highest BCUT2D eigenvalue weighted by Crippen LogP contribution is 0.981. The van der Waals surface area contributed by atoms with E-state index in [0.717, 1.165) is 0 Å². The van der Waals surface area contributed by atoms with Gasteiger partial charge in [-0.2, -0.15) is 0 Å². The van der Waals surface area contributed by atoms with Crippen LogP contribution in [0.1, 0.15) is 0 Å². The number of halogens is 1. The lowest BCUT2D eigenvalue weighted by Gasteiger charge is -1.59. The molecule has 0 saturated carbocycles. The smallest absolute Gasteiger partial charge is 0.187 e. The maximum absolute atomic E-state index is 2.75. The first-order chi connectivity index (χ1) is 1.41. The van der Waals surface area contributed by atoms with Gasteiger partial charge in [0, 0.05) is 0 Å². The molecule has 0 heterocycles. The van der Waals surface area contributed by atoms with E-state index < -0.39 is 0 Å². The first kappa shape index (κ1) is 17.1. The summed E-state index contributed by atoms with van der Waals surface area (Å²) in [6.07, 6.45) is 0. The first-order valence-electron chi connectivity index (χ1n) is 1.00. The average Bonchev–Trinajstić information content (AvgIpc) is 0.918. The van der Waals surface area contributed by atoms with E-state index in [9.17, 15) is 0 Å². The molecule has 3 heteroatoms. The van der Waals surface area contributed by atoms with Gasteiger partial charge in [-0.3, -0.25) is 0 Å². The second-order valence-corrected chi connectivity index (χ2v) is 0.500. The van der Waals surface area contributed by atoms with E-state index in [4.69, 9.17) is 0 Å². The lowest BCUT2D eigenvalue weighted by atomic mass is 11.3. The number of hydrogen-bond acceptors (Lipinski definition) is 1. The molecule has 0 aliphatic rings. The van der Waals surface area contributed by atoms with Gasteiger partial charge in [0.25, 0.3) is 0 Å². The molecule has 0 aliphatic carbocycles. The minimum Gasteiger partial charge on any atom is -0.323 e. The Labute approximate surface area is 49.7 Å². The summed E-state index contributed by atoms with van der Waals surface area (Å²) in [4.78, 5) is 0. The Morgan fingerprint density at radius 1 is 1.20 bits per heavy atom. The van der Waals surface area contributed by atoms with Crippen molar-refractivity contribution >= 4 is 29.8 Å². The van der Waals surface area contributed by atoms with Gasteiger partial charge >= 0.3 is 0 Å². The fourth-order valence-electron chi connectivity index (χ4n) is 0. The fourth-order valence-corrected chi connectivity index (χ4v) is 0. The van der Waals surface area contributed by atoms with E-state index in [1.807, 2.05) is 14.1 Å². The van der Waals surface area contributed by atoms with Gasteiger partial charge in [-0.1, -0.05) is 0 Å². The fraction of sp³-hybridized carbons (Fsp3) is 1.00. The predicted octanol–water partition coefficient (Wildman–Crippen LogP) is -0.927. The largest absolute Gasteiger partial charge is 0.323 e. The topological polar surface area (TPSA) is 12.0 Å². The Balaban J connectivity index is -0.0000000200. The summed E-state index contributed by atoms with van der Waals surface area (Å²) < 4.78 is 0. The summed E-state index contributed by atoms with van der Waals surface area (Å²) in [6.45, 7) is 0. The van der Waals surface area contributed by atoms with Crippen LogP contribution in [-0.2, 0) is 0 Å². The molecule has 0 unspecified atom stereocenters. The molecule has 0 radical (unpaired) electrons. The highest BCUT2D eigenvalue weighted by atomic mass is 35.5. The lowest BCUT2D eigenvalue weighted by Crippen LogP contribution is -1.89. The van der Waals surface area contributed by atoms with E-state index in [1.54, 1.807) is 0 Å². The molecular formula is C2H11AlClN. The van der Waals surface area contributed by atoms with Crippen LogP contribution in [0.25, 0.3) is 0 Å². The molecule has 5 heavy (non-hydrogen) atoms. The van der Waals surface area contributed by atoms with Crippen LogP contribution in [0.5, 0.6) is 0 Å². The van der Waals surface area contributed by atoms with Crippen molar-refractivity contribution in [3.8, 4) is 0 Å². The maximum atomic E-state index is 2.75. The third kappa shape index (κ3) is 60.5. The highest BCUT2D eigenvalue weighted by molar-refractivity contribution is 5.85. The van der Waals surface area contributed by atoms with Crippen LogP contribution < -0.4 is 5.32 Å². The minimum absolute atomic E-state index is 0. The summed E-state index contributed by atoms with van der Waals surface area (Å²) >= 11 is 0. The molecule has 0 spiro atoms. The molecule has 1 nitrogen and oxygen atoms in total. The monoisotopic (exact) mass is 111 g/mol. The van der Waals surface area contributed by atoms with Gasteiger partial charge in [-0.05, 0) is 14.1 Å². The van der Waals surface area contributed by atoms with Crippen molar-refractivity contribution in [2.75, 3.05) is 14.1 Å². The molecule has 0 aromatic carbocycles. The van der Waals surface area contributed by atoms with E-state index in [2.05, 4.69) is 5.32 Å². The van der Waals surface area contributed by atoms with Gasteiger partial charge in [0.15, 0.2) is 17.4 Å². The Bertz CT molecular complexity index is 9.61. The molecule has 34 valence electrons. The van der Waals surface area contributed by atoms with E-state index >= 15 is 0 Å². The molecule has 0 rings (SSSR count). The average molecular weight is 112 g/mol. The zero-order valence-corrected chi connectivity index (χ0v) is 3.72. The van der Waals surface area contributed by atoms with Crippen LogP contribution in [0.4, 0.5) is 0 Å². The van der Waals surface area contributed by atoms with Crippen LogP contribution in [0, 0.1) is 0 Å². The lowest BCUT2D eigenvalue weighted by molar-refractivity contribution is 1.02. The SMILES string of the molecule is CNC.Cl.[AlH3]. The van der Waals surface area contributed by atoms with Crippen LogP contribution in [0.15, 0.2) is 0 Å². The summed E-state index contributed by atoms with van der Waals surface area (Å²) in [5, 5.41) is 2.75. The molecule has 0 aromatic heterocycles. The molecule has 0 atom stereocenters. The molecule has 0 aromatic rings. The standard InChI is InChI=1S/C2H7N.Al.ClH.3H/c1-3-2;;;;;/h3H,1-2H3;;1H;;;. The Morgan fingerprint density at radius 3 is 1.20 bits per heavy atom. The van der Waals surface area contributed by atoms with Crippen LogP contribution in [0.2, 0.25) is 0 Å². The second kappa shape index (κ2) is 21.5. The molecule has 0 fully saturated rings. The molecule has 0 bridgehead atoms. The Kier molecular flexibility index (Phi) is 73.6. The zero-order valence-electron chi connectivity index (χ0n) is 2.91. The summed E-state index contributed by atoms with van der Waals surface area (Å²) in [5.74, 6) is 0. The van der Waals surface area contributed by atoms with E-state index in [0.29, 0.717) is 0 Å². The van der Waals surface area contributed by atoms with Crippen LogP contribution in [-0.4, -0.2) is 31.5 Å². The van der Waals surface area contributed by atoms with Gasteiger partial charge in [0.1, 0.15) is 0 Å². The van der Waals surface area contributed by atoms with Crippen molar-refractivity contribution in [2.45, 2.75) is 0 Å². The predicted molar refractivity (Wildman–Crippen MR) is 32.2 cm³/mol. The highest BCUT2D eigenvalue weighted by Gasteiger charge is 1.25. The van der Waals surface area contributed by atoms with Crippen molar-refractivity contribution in [3.05, 3.63) is 0 Å². The van der Waals surface area contributed by atoms with Gasteiger partial charge in [0.05, 0.1) is 0 Å². The number of hydrogen-bond donors (Lipinski definition) is 1. The van der Waals surface area contributed by atoms with Crippen molar-refractivity contribution < 1.29 is 0 Å². The van der Waals surface area contributed by atoms with Crippen molar-refractivity contribution in [1.29, 1.82) is 0 Å². The van der Waals surface area contributed by atoms with Crippen molar-refractivity contribution in [3.63, 3.8) is 0 Å². The molecular weight excluding hydrogens is 100 g/mol. The Hall–Kier alpha value is 0.782. The van der Waals surface area contributed by atoms with E-state index in [-0.39, 0.29) is 29.8 Å². The first-order valence-corrected chi connectivity index (χ1v) is 1.00. The Morgan fingerprint density at radius 2 is 1.20 bits per heavy atom. The number of rotatable bonds is 0. The van der Waals surface area contributed by atoms with Gasteiger partial charge in [0.2, 0.25) is 0 Å². The van der Waals surface area contributed by atoms with Gasteiger partial charge in [-0.15, -0.1) is 12.4 Å². The van der Waals surface area contributed by atoms with E-state index in [1.165, 1.54) is 0 Å². The molecule has 0 aliphatic heterocycles. The van der Waals surface area contributed by atoms with Gasteiger partial charge in [-0.25, -0.2) is 0 Å². The summed E-state index contributed by atoms with van der Waals surface area (Å²) in [7, 11) is 3.75. The summed E-state index contributed by atoms with van der Waals surface area (Å²) in [6, 6.07) is 0. The maximum Gasteiger partial charge on any atom is 0.187 e. The van der Waals surface area contributed by atoms with Crippen LogP contribution >= 0.6 is 12.4 Å². The summed E-state index contributed by atoms with van der Waals surface area (Å²) in [5.41, 5.74) is 0. The minimum atomic E-state index is 0. The van der Waals surface area contributed by atoms with Gasteiger partial charge < -0.3 is 5.32 Å².